The van der Waals surface area contributed by atoms with E-state index in [4.69, 9.17) is 0 Å². The summed E-state index contributed by atoms with van der Waals surface area (Å²) >= 11 is 0. The van der Waals surface area contributed by atoms with Gasteiger partial charge in [0.2, 0.25) is 15.9 Å². The Balaban J connectivity index is 1.29. The number of aromatic nitrogens is 1. The van der Waals surface area contributed by atoms with E-state index in [2.05, 4.69) is 28.9 Å². The molecule has 176 valence electrons. The van der Waals surface area contributed by atoms with Gasteiger partial charge in [0.25, 0.3) is 0 Å². The number of amides is 1. The number of sulfonamides is 1. The van der Waals surface area contributed by atoms with Crippen molar-refractivity contribution in [2.45, 2.75) is 31.2 Å². The van der Waals surface area contributed by atoms with E-state index < -0.39 is 15.8 Å². The Kier molecular flexibility index (Phi) is 5.87. The first kappa shape index (κ1) is 22.6. The fourth-order valence-corrected chi connectivity index (χ4v) is 6.30. The maximum Gasteiger partial charge on any atom is 0.243 e. The summed E-state index contributed by atoms with van der Waals surface area (Å²) in [6, 6.07) is 19.0. The Hall–Kier alpha value is -3.23. The van der Waals surface area contributed by atoms with Crippen LogP contribution < -0.4 is 5.32 Å². The predicted octanol–water partition coefficient (Wildman–Crippen LogP) is 4.99. The lowest BCUT2D eigenvalue weighted by Crippen LogP contribution is -2.41. The van der Waals surface area contributed by atoms with Crippen molar-refractivity contribution >= 4 is 43.4 Å². The summed E-state index contributed by atoms with van der Waals surface area (Å²) in [6.45, 7) is 3.47. The molecule has 1 saturated heterocycles. The summed E-state index contributed by atoms with van der Waals surface area (Å²) in [4.78, 5) is 13.0. The van der Waals surface area contributed by atoms with Crippen molar-refractivity contribution in [1.82, 2.24) is 8.87 Å². The first-order valence-electron chi connectivity index (χ1n) is 11.5. The topological polar surface area (TPSA) is 71.4 Å². The number of nitrogens with zero attached hydrogens (tertiary/aromatic N) is 2. The molecule has 0 aliphatic carbocycles. The number of halogens is 1. The largest absolute Gasteiger partial charge is 0.341 e. The molecule has 34 heavy (non-hydrogen) atoms. The molecule has 1 N–H and O–H groups in total. The van der Waals surface area contributed by atoms with E-state index in [9.17, 15) is 17.6 Å². The van der Waals surface area contributed by atoms with Gasteiger partial charge in [0.15, 0.2) is 0 Å². The summed E-state index contributed by atoms with van der Waals surface area (Å²) < 4.78 is 42.4. The van der Waals surface area contributed by atoms with Crippen molar-refractivity contribution in [3.8, 4) is 0 Å². The third-order valence-electron chi connectivity index (χ3n) is 6.63. The Labute approximate surface area is 198 Å². The molecule has 0 spiro atoms. The van der Waals surface area contributed by atoms with Crippen molar-refractivity contribution < 1.29 is 17.6 Å². The molecule has 0 unspecified atom stereocenters. The number of piperidine rings is 1. The average Bonchev–Trinajstić information content (AvgIpc) is 3.17. The molecule has 1 amide bonds. The molecule has 2 heterocycles. The fourth-order valence-electron chi connectivity index (χ4n) is 4.83. The zero-order chi connectivity index (χ0) is 23.9. The Bertz CT molecular complexity index is 1470. The molecule has 1 aliphatic rings. The first-order valence-corrected chi connectivity index (χ1v) is 12.9. The molecule has 8 heteroatoms. The molecule has 1 aliphatic heterocycles. The minimum Gasteiger partial charge on any atom is -0.341 e. The van der Waals surface area contributed by atoms with Gasteiger partial charge in [-0.3, -0.25) is 4.79 Å². The summed E-state index contributed by atoms with van der Waals surface area (Å²) in [5.41, 5.74) is 3.03. The number of benzene rings is 3. The van der Waals surface area contributed by atoms with Gasteiger partial charge in [0, 0.05) is 53.0 Å². The number of para-hydroxylation sites is 1. The molecular weight excluding hydrogens is 453 g/mol. The molecule has 6 nitrogen and oxygen atoms in total. The monoisotopic (exact) mass is 479 g/mol. The molecule has 4 aromatic rings. The Morgan fingerprint density at radius 1 is 0.971 bits per heavy atom. The van der Waals surface area contributed by atoms with E-state index in [0.29, 0.717) is 12.8 Å². The van der Waals surface area contributed by atoms with Crippen LogP contribution in [0, 0.1) is 11.7 Å². The van der Waals surface area contributed by atoms with Crippen LogP contribution in [-0.4, -0.2) is 36.3 Å². The molecule has 3 aromatic carbocycles. The Morgan fingerprint density at radius 2 is 1.65 bits per heavy atom. The van der Waals surface area contributed by atoms with Crippen LogP contribution in [0.15, 0.2) is 71.6 Å². The second-order valence-corrected chi connectivity index (χ2v) is 10.6. The van der Waals surface area contributed by atoms with Crippen LogP contribution in [0.1, 0.15) is 19.8 Å². The zero-order valence-electron chi connectivity index (χ0n) is 18.9. The van der Waals surface area contributed by atoms with Crippen LogP contribution in [0.5, 0.6) is 0 Å². The molecule has 5 rings (SSSR count). The lowest BCUT2D eigenvalue weighted by Gasteiger charge is -2.30. The summed E-state index contributed by atoms with van der Waals surface area (Å²) in [5.74, 6) is -0.850. The number of anilines is 1. The number of carbonyl (C=O) groups excluding carboxylic acids is 1. The first-order chi connectivity index (χ1) is 16.4. The lowest BCUT2D eigenvalue weighted by molar-refractivity contribution is -0.120. The van der Waals surface area contributed by atoms with Gasteiger partial charge in [-0.1, -0.05) is 18.2 Å². The quantitative estimate of drug-likeness (QED) is 0.438. The molecule has 1 fully saturated rings. The highest BCUT2D eigenvalue weighted by atomic mass is 32.2. The zero-order valence-corrected chi connectivity index (χ0v) is 19.7. The van der Waals surface area contributed by atoms with Crippen LogP contribution in [-0.2, 0) is 21.4 Å². The van der Waals surface area contributed by atoms with Gasteiger partial charge in [-0.15, -0.1) is 0 Å². The van der Waals surface area contributed by atoms with Crippen LogP contribution in [0.4, 0.5) is 10.1 Å². The number of hydrogen-bond donors (Lipinski definition) is 1. The summed E-state index contributed by atoms with van der Waals surface area (Å²) in [6.07, 6.45) is 0.868. The van der Waals surface area contributed by atoms with Gasteiger partial charge in [-0.2, -0.15) is 4.31 Å². The highest BCUT2D eigenvalue weighted by molar-refractivity contribution is 7.89. The molecule has 0 saturated carbocycles. The average molecular weight is 480 g/mol. The third kappa shape index (κ3) is 3.97. The SMILES string of the molecule is CCn1c2ccccc2c2cc(NC(=O)C3CCN(S(=O)(=O)c4ccc(F)cc4)CC3)ccc21. The van der Waals surface area contributed by atoms with Gasteiger partial charge in [-0.05, 0) is 68.3 Å². The van der Waals surface area contributed by atoms with Gasteiger partial charge < -0.3 is 9.88 Å². The van der Waals surface area contributed by atoms with E-state index in [-0.39, 0.29) is 29.8 Å². The molecule has 1 aromatic heterocycles. The maximum atomic E-state index is 13.2. The number of rotatable bonds is 5. The van der Waals surface area contributed by atoms with E-state index in [1.54, 1.807) is 0 Å². The van der Waals surface area contributed by atoms with Crippen LogP contribution in [0.25, 0.3) is 21.8 Å². The second-order valence-electron chi connectivity index (χ2n) is 8.61. The van der Waals surface area contributed by atoms with Crippen LogP contribution in [0.2, 0.25) is 0 Å². The highest BCUT2D eigenvalue weighted by Crippen LogP contribution is 2.31. The predicted molar refractivity (Wildman–Crippen MR) is 132 cm³/mol. The standard InChI is InChI=1S/C26H26FN3O3S/c1-2-30-24-6-4-3-5-22(24)23-17-20(9-12-25(23)30)28-26(31)18-13-15-29(16-14-18)34(32,33)21-10-7-19(27)8-11-21/h3-12,17-18H,2,13-16H2,1H3,(H,28,31). The lowest BCUT2D eigenvalue weighted by atomic mass is 9.97. The van der Waals surface area contributed by atoms with E-state index in [1.165, 1.54) is 22.0 Å². The number of hydrogen-bond acceptors (Lipinski definition) is 3. The molecule has 0 radical (unpaired) electrons. The van der Waals surface area contributed by atoms with Crippen molar-refractivity contribution in [3.05, 3.63) is 72.5 Å². The smallest absolute Gasteiger partial charge is 0.243 e. The van der Waals surface area contributed by atoms with E-state index >= 15 is 0 Å². The number of carbonyl (C=O) groups is 1. The van der Waals surface area contributed by atoms with Crippen molar-refractivity contribution in [2.24, 2.45) is 5.92 Å². The number of fused-ring (bicyclic) bond motifs is 3. The van der Waals surface area contributed by atoms with E-state index in [1.807, 2.05) is 30.3 Å². The third-order valence-corrected chi connectivity index (χ3v) is 8.55. The van der Waals surface area contributed by atoms with Gasteiger partial charge in [0.05, 0.1) is 4.90 Å². The Morgan fingerprint density at radius 3 is 2.35 bits per heavy atom. The molecule has 0 bridgehead atoms. The molecule has 0 atom stereocenters. The van der Waals surface area contributed by atoms with Crippen LogP contribution in [0.3, 0.4) is 0 Å². The van der Waals surface area contributed by atoms with Gasteiger partial charge in [-0.25, -0.2) is 12.8 Å². The number of nitrogens with one attached hydrogen (secondary N) is 1. The van der Waals surface area contributed by atoms with Crippen molar-refractivity contribution in [1.29, 1.82) is 0 Å². The maximum absolute atomic E-state index is 13.2. The number of aryl methyl sites for hydroxylation is 1. The fraction of sp³-hybridized carbons (Fsp3) is 0.269. The van der Waals surface area contributed by atoms with Crippen LogP contribution >= 0.6 is 0 Å². The summed E-state index contributed by atoms with van der Waals surface area (Å²) in [7, 11) is -3.70. The summed E-state index contributed by atoms with van der Waals surface area (Å²) in [5, 5.41) is 5.27. The van der Waals surface area contributed by atoms with E-state index in [0.717, 1.165) is 40.7 Å². The van der Waals surface area contributed by atoms with Gasteiger partial charge in [0.1, 0.15) is 5.82 Å². The second kappa shape index (κ2) is 8.85. The van der Waals surface area contributed by atoms with Gasteiger partial charge >= 0.3 is 0 Å². The minimum absolute atomic E-state index is 0.0661. The highest BCUT2D eigenvalue weighted by Gasteiger charge is 2.32. The van der Waals surface area contributed by atoms with Crippen molar-refractivity contribution in [2.75, 3.05) is 18.4 Å². The molecular formula is C26H26FN3O3S. The van der Waals surface area contributed by atoms with Crippen molar-refractivity contribution in [3.63, 3.8) is 0 Å². The normalized spacial score (nSPS) is 15.7. The minimum atomic E-state index is -3.70.